The molecule has 1 saturated carbocycles. The Hall–Kier alpha value is -2.19. The lowest BCUT2D eigenvalue weighted by Crippen LogP contribution is -2.39. The van der Waals surface area contributed by atoms with Crippen LogP contribution in [-0.2, 0) is 34.7 Å². The van der Waals surface area contributed by atoms with Crippen molar-refractivity contribution in [1.29, 1.82) is 0 Å². The number of rotatable bonds is 8. The van der Waals surface area contributed by atoms with Crippen molar-refractivity contribution < 1.29 is 13.2 Å². The molecule has 4 rings (SSSR count). The molecule has 1 aliphatic carbocycles. The molecule has 1 aromatic heterocycles. The maximum atomic E-state index is 12.7. The van der Waals surface area contributed by atoms with E-state index in [1.54, 1.807) is 22.1 Å². The van der Waals surface area contributed by atoms with E-state index in [2.05, 4.69) is 34.6 Å². The minimum atomic E-state index is -3.49. The maximum Gasteiger partial charge on any atom is 0.262 e. The SMILES string of the molecule is Cn1cnc(S(=O)(=O)N2CCC(Cc3ccc(CCC(=O)NC4CC4)cc3)CC2)c1. The lowest BCUT2D eigenvalue weighted by molar-refractivity contribution is -0.121. The number of hydrogen-bond acceptors (Lipinski definition) is 4. The second kappa shape index (κ2) is 8.89. The first kappa shape index (κ1) is 21.1. The Kier molecular flexibility index (Phi) is 6.24. The number of amides is 1. The van der Waals surface area contributed by atoms with Crippen LogP contribution >= 0.6 is 0 Å². The van der Waals surface area contributed by atoms with Crippen LogP contribution in [0.1, 0.15) is 43.2 Å². The standard InChI is InChI=1S/C22H30N4O3S/c1-25-15-22(23-16-25)30(28,29)26-12-10-19(11-13-26)14-18-4-2-17(3-5-18)6-9-21(27)24-20-7-8-20/h2-5,15-16,19-20H,6-14H2,1H3,(H,24,27). The summed E-state index contributed by atoms with van der Waals surface area (Å²) in [5, 5.41) is 3.15. The first-order chi connectivity index (χ1) is 14.4. The van der Waals surface area contributed by atoms with Gasteiger partial charge in [0.2, 0.25) is 5.91 Å². The largest absolute Gasteiger partial charge is 0.353 e. The summed E-state index contributed by atoms with van der Waals surface area (Å²) < 4.78 is 28.6. The smallest absolute Gasteiger partial charge is 0.262 e. The fourth-order valence-electron chi connectivity index (χ4n) is 3.97. The molecule has 1 saturated heterocycles. The normalized spacial score (nSPS) is 18.4. The quantitative estimate of drug-likeness (QED) is 0.696. The molecule has 1 aliphatic heterocycles. The lowest BCUT2D eigenvalue weighted by atomic mass is 9.90. The molecular weight excluding hydrogens is 400 g/mol. The molecular formula is C22H30N4O3S. The fourth-order valence-corrected chi connectivity index (χ4v) is 5.40. The lowest BCUT2D eigenvalue weighted by Gasteiger charge is -2.30. The van der Waals surface area contributed by atoms with Crippen LogP contribution in [0.25, 0.3) is 0 Å². The van der Waals surface area contributed by atoms with Gasteiger partial charge in [0.25, 0.3) is 10.0 Å². The van der Waals surface area contributed by atoms with E-state index in [-0.39, 0.29) is 10.9 Å². The number of nitrogens with zero attached hydrogens (tertiary/aromatic N) is 3. The fraction of sp³-hybridized carbons (Fsp3) is 0.545. The van der Waals surface area contributed by atoms with Gasteiger partial charge in [-0.3, -0.25) is 4.79 Å². The topological polar surface area (TPSA) is 84.3 Å². The Balaban J connectivity index is 1.24. The number of piperidine rings is 1. The molecule has 162 valence electrons. The van der Waals surface area contributed by atoms with Gasteiger partial charge in [-0.25, -0.2) is 13.4 Å². The summed E-state index contributed by atoms with van der Waals surface area (Å²) in [5.74, 6) is 0.629. The van der Waals surface area contributed by atoms with Crippen molar-refractivity contribution in [1.82, 2.24) is 19.2 Å². The zero-order valence-electron chi connectivity index (χ0n) is 17.5. The van der Waals surface area contributed by atoms with Gasteiger partial charge in [0, 0.05) is 38.8 Å². The second-order valence-electron chi connectivity index (χ2n) is 8.59. The summed E-state index contributed by atoms with van der Waals surface area (Å²) in [5.41, 5.74) is 2.45. The minimum absolute atomic E-state index is 0.129. The van der Waals surface area contributed by atoms with Gasteiger partial charge in [-0.1, -0.05) is 24.3 Å². The number of nitrogens with one attached hydrogen (secondary N) is 1. The molecule has 2 aromatic rings. The average Bonchev–Trinajstić information content (AvgIpc) is 3.43. The van der Waals surface area contributed by atoms with Gasteiger partial charge in [-0.05, 0) is 55.6 Å². The van der Waals surface area contributed by atoms with Gasteiger partial charge in [0.05, 0.1) is 6.33 Å². The molecule has 2 aliphatic rings. The Morgan fingerprint density at radius 3 is 2.37 bits per heavy atom. The summed E-state index contributed by atoms with van der Waals surface area (Å²) in [7, 11) is -1.72. The number of sulfonamides is 1. The van der Waals surface area contributed by atoms with Crippen LogP contribution in [0.15, 0.2) is 41.8 Å². The molecule has 0 atom stereocenters. The Labute approximate surface area is 178 Å². The van der Waals surface area contributed by atoms with Crippen LogP contribution in [0, 0.1) is 5.92 Å². The van der Waals surface area contributed by atoms with Crippen LogP contribution in [0.4, 0.5) is 0 Å². The predicted molar refractivity (Wildman–Crippen MR) is 114 cm³/mol. The molecule has 1 N–H and O–H groups in total. The molecule has 0 radical (unpaired) electrons. The molecule has 0 bridgehead atoms. The monoisotopic (exact) mass is 430 g/mol. The van der Waals surface area contributed by atoms with Gasteiger partial charge in [0.15, 0.2) is 5.03 Å². The summed E-state index contributed by atoms with van der Waals surface area (Å²) >= 11 is 0. The highest BCUT2D eigenvalue weighted by atomic mass is 32.2. The van der Waals surface area contributed by atoms with Gasteiger partial charge in [0.1, 0.15) is 0 Å². The van der Waals surface area contributed by atoms with E-state index in [4.69, 9.17) is 0 Å². The van der Waals surface area contributed by atoms with E-state index in [9.17, 15) is 13.2 Å². The maximum absolute atomic E-state index is 12.7. The van der Waals surface area contributed by atoms with Crippen LogP contribution < -0.4 is 5.32 Å². The number of aromatic nitrogens is 2. The highest BCUT2D eigenvalue weighted by Crippen LogP contribution is 2.26. The van der Waals surface area contributed by atoms with E-state index in [1.807, 2.05) is 0 Å². The third-order valence-corrected chi connectivity index (χ3v) is 7.77. The molecule has 8 heteroatoms. The van der Waals surface area contributed by atoms with Crippen molar-refractivity contribution >= 4 is 15.9 Å². The van der Waals surface area contributed by atoms with Gasteiger partial charge in [-0.2, -0.15) is 4.31 Å². The van der Waals surface area contributed by atoms with Crippen molar-refractivity contribution in [3.05, 3.63) is 47.9 Å². The highest BCUT2D eigenvalue weighted by Gasteiger charge is 2.30. The van der Waals surface area contributed by atoms with Crippen LogP contribution in [-0.4, -0.2) is 47.3 Å². The van der Waals surface area contributed by atoms with E-state index in [1.165, 1.54) is 17.5 Å². The van der Waals surface area contributed by atoms with E-state index in [0.29, 0.717) is 31.5 Å². The first-order valence-electron chi connectivity index (χ1n) is 10.8. The number of benzene rings is 1. The van der Waals surface area contributed by atoms with E-state index in [0.717, 1.165) is 38.5 Å². The van der Waals surface area contributed by atoms with Gasteiger partial charge < -0.3 is 9.88 Å². The van der Waals surface area contributed by atoms with Crippen molar-refractivity contribution in [2.45, 2.75) is 56.0 Å². The Bertz CT molecular complexity index is 972. The van der Waals surface area contributed by atoms with Crippen molar-refractivity contribution in [2.24, 2.45) is 13.0 Å². The Morgan fingerprint density at radius 2 is 1.77 bits per heavy atom. The molecule has 30 heavy (non-hydrogen) atoms. The number of carbonyl (C=O) groups is 1. The number of aryl methyl sites for hydroxylation is 2. The van der Waals surface area contributed by atoms with Crippen molar-refractivity contribution in [2.75, 3.05) is 13.1 Å². The molecule has 2 heterocycles. The molecule has 1 aromatic carbocycles. The third-order valence-electron chi connectivity index (χ3n) is 5.99. The highest BCUT2D eigenvalue weighted by molar-refractivity contribution is 7.89. The van der Waals surface area contributed by atoms with Gasteiger partial charge >= 0.3 is 0 Å². The van der Waals surface area contributed by atoms with Crippen LogP contribution in [0.2, 0.25) is 0 Å². The average molecular weight is 431 g/mol. The molecule has 2 fully saturated rings. The van der Waals surface area contributed by atoms with Gasteiger partial charge in [-0.15, -0.1) is 0 Å². The summed E-state index contributed by atoms with van der Waals surface area (Å²) in [6.07, 6.45) is 9.29. The minimum Gasteiger partial charge on any atom is -0.353 e. The molecule has 1 amide bonds. The number of hydrogen-bond donors (Lipinski definition) is 1. The zero-order valence-corrected chi connectivity index (χ0v) is 18.3. The van der Waals surface area contributed by atoms with E-state index >= 15 is 0 Å². The summed E-state index contributed by atoms with van der Waals surface area (Å²) in [6.45, 7) is 1.08. The summed E-state index contributed by atoms with van der Waals surface area (Å²) in [4.78, 5) is 15.8. The second-order valence-corrected chi connectivity index (χ2v) is 10.5. The number of carbonyl (C=O) groups excluding carboxylic acids is 1. The predicted octanol–water partition coefficient (Wildman–Crippen LogP) is 2.27. The van der Waals surface area contributed by atoms with Crippen molar-refractivity contribution in [3.8, 4) is 0 Å². The first-order valence-corrected chi connectivity index (χ1v) is 12.2. The summed E-state index contributed by atoms with van der Waals surface area (Å²) in [6, 6.07) is 8.93. The molecule has 7 nitrogen and oxygen atoms in total. The zero-order chi connectivity index (χ0) is 21.1. The van der Waals surface area contributed by atoms with E-state index < -0.39 is 10.0 Å². The number of imidazole rings is 1. The Morgan fingerprint density at radius 1 is 1.10 bits per heavy atom. The third kappa shape index (κ3) is 5.29. The molecule has 0 unspecified atom stereocenters. The van der Waals surface area contributed by atoms with Crippen molar-refractivity contribution in [3.63, 3.8) is 0 Å². The van der Waals surface area contributed by atoms with Crippen LogP contribution in [0.5, 0.6) is 0 Å². The molecule has 0 spiro atoms. The van der Waals surface area contributed by atoms with Crippen LogP contribution in [0.3, 0.4) is 0 Å².